The van der Waals surface area contributed by atoms with Crippen molar-refractivity contribution >= 4 is 45.5 Å². The third-order valence-corrected chi connectivity index (χ3v) is 7.38. The number of halogens is 1. The molecule has 1 N–H and O–H groups in total. The Morgan fingerprint density at radius 3 is 2.56 bits per heavy atom. The molecule has 9 heteroatoms. The molecule has 0 spiro atoms. The summed E-state index contributed by atoms with van der Waals surface area (Å²) < 4.78 is 17.3. The summed E-state index contributed by atoms with van der Waals surface area (Å²) >= 11 is 6.11. The Labute approximate surface area is 217 Å². The van der Waals surface area contributed by atoms with Crippen molar-refractivity contribution in [3.63, 3.8) is 0 Å². The minimum Gasteiger partial charge on any atom is -0.483 e. The maximum absolute atomic E-state index is 13.1. The molecule has 1 aliphatic heterocycles. The summed E-state index contributed by atoms with van der Waals surface area (Å²) in [6.07, 6.45) is 0. The molecule has 0 unspecified atom stereocenters. The van der Waals surface area contributed by atoms with Crippen LogP contribution in [0.1, 0.15) is 27.0 Å². The number of carbonyl (C=O) groups is 2. The Kier molecular flexibility index (Phi) is 8.04. The molecule has 36 heavy (non-hydrogen) atoms. The quantitative estimate of drug-likeness (QED) is 0.464. The topological polar surface area (TPSA) is 99.5 Å². The van der Waals surface area contributed by atoms with Gasteiger partial charge in [0, 0.05) is 57.4 Å². The van der Waals surface area contributed by atoms with Crippen molar-refractivity contribution in [1.82, 2.24) is 0 Å². The largest absolute Gasteiger partial charge is 0.483 e. The van der Waals surface area contributed by atoms with E-state index in [0.29, 0.717) is 22.2 Å². The van der Waals surface area contributed by atoms with Gasteiger partial charge in [0.05, 0.1) is 17.2 Å². The number of rotatable bonds is 7. The fraction of sp³-hybridized carbons (Fsp3) is 0.222. The van der Waals surface area contributed by atoms with Crippen molar-refractivity contribution in [3.8, 4) is 11.8 Å². The van der Waals surface area contributed by atoms with Crippen LogP contribution in [0.15, 0.2) is 60.7 Å². The van der Waals surface area contributed by atoms with Gasteiger partial charge in [-0.3, -0.25) is 13.8 Å². The Morgan fingerprint density at radius 2 is 1.83 bits per heavy atom. The smallest absolute Gasteiger partial charge is 0.262 e. The first-order valence-electron chi connectivity index (χ1n) is 11.3. The molecule has 1 amide bonds. The highest BCUT2D eigenvalue weighted by atomic mass is 35.5. The first kappa shape index (κ1) is 25.4. The number of nitrogens with zero attached hydrogens (tertiary/aromatic N) is 2. The number of nitriles is 1. The molecule has 1 saturated heterocycles. The molecule has 0 radical (unpaired) electrons. The minimum atomic E-state index is -0.745. The van der Waals surface area contributed by atoms with Crippen molar-refractivity contribution in [3.05, 3.63) is 87.9 Å². The van der Waals surface area contributed by atoms with Gasteiger partial charge in [-0.25, -0.2) is 0 Å². The van der Waals surface area contributed by atoms with Crippen LogP contribution in [-0.2, 0) is 15.6 Å². The molecule has 4 rings (SSSR count). The number of carbonyl (C=O) groups excluding carboxylic acids is 2. The summed E-state index contributed by atoms with van der Waals surface area (Å²) in [5.74, 6) is 0.711. The van der Waals surface area contributed by atoms with Crippen LogP contribution in [-0.4, -0.2) is 47.1 Å². The highest BCUT2D eigenvalue weighted by molar-refractivity contribution is 7.85. The average Bonchev–Trinajstić information content (AvgIpc) is 2.89. The lowest BCUT2D eigenvalue weighted by Crippen LogP contribution is -2.37. The minimum absolute atomic E-state index is 0.168. The Morgan fingerprint density at radius 1 is 1.08 bits per heavy atom. The number of anilines is 2. The van der Waals surface area contributed by atoms with Crippen molar-refractivity contribution in [2.75, 3.05) is 41.4 Å². The van der Waals surface area contributed by atoms with Gasteiger partial charge in [-0.15, -0.1) is 0 Å². The third-order valence-electron chi connectivity index (χ3n) is 5.86. The summed E-state index contributed by atoms with van der Waals surface area (Å²) in [4.78, 5) is 28.0. The fourth-order valence-electron chi connectivity index (χ4n) is 3.94. The lowest BCUT2D eigenvalue weighted by molar-refractivity contribution is -0.118. The van der Waals surface area contributed by atoms with Crippen LogP contribution in [0.2, 0.25) is 5.02 Å². The zero-order valence-corrected chi connectivity index (χ0v) is 21.2. The van der Waals surface area contributed by atoms with Crippen LogP contribution < -0.4 is 15.0 Å². The van der Waals surface area contributed by atoms with Gasteiger partial charge in [0.25, 0.3) is 5.91 Å². The molecule has 1 aliphatic rings. The SMILES string of the molecule is Cc1cc(N2CCS(=O)CC2)ccc1NC(=O)COc1ccc(Cl)cc1C(=O)c1ccccc1C#N. The lowest BCUT2D eigenvalue weighted by atomic mass is 9.98. The second kappa shape index (κ2) is 11.4. The maximum atomic E-state index is 13.1. The maximum Gasteiger partial charge on any atom is 0.262 e. The average molecular weight is 522 g/mol. The fourth-order valence-corrected chi connectivity index (χ4v) is 5.16. The van der Waals surface area contributed by atoms with Crippen LogP contribution in [0.5, 0.6) is 5.75 Å². The zero-order chi connectivity index (χ0) is 25.7. The second-order valence-corrected chi connectivity index (χ2v) is 10.4. The van der Waals surface area contributed by atoms with Gasteiger partial charge < -0.3 is 15.0 Å². The Balaban J connectivity index is 1.44. The van der Waals surface area contributed by atoms with E-state index in [4.69, 9.17) is 16.3 Å². The van der Waals surface area contributed by atoms with Gasteiger partial charge in [-0.2, -0.15) is 5.26 Å². The van der Waals surface area contributed by atoms with Gasteiger partial charge in [0.15, 0.2) is 12.4 Å². The summed E-state index contributed by atoms with van der Waals surface area (Å²) in [5.41, 5.74) is 3.21. The Bertz CT molecular complexity index is 1380. The van der Waals surface area contributed by atoms with Crippen LogP contribution in [0, 0.1) is 18.3 Å². The van der Waals surface area contributed by atoms with Crippen molar-refractivity contribution in [1.29, 1.82) is 5.26 Å². The molecule has 3 aromatic rings. The predicted molar refractivity (Wildman–Crippen MR) is 141 cm³/mol. The molecule has 0 aliphatic carbocycles. The number of ether oxygens (including phenoxy) is 1. The number of amides is 1. The Hall–Kier alpha value is -3.67. The van der Waals surface area contributed by atoms with Crippen molar-refractivity contribution < 1.29 is 18.5 Å². The number of nitrogens with one attached hydrogen (secondary N) is 1. The molecule has 7 nitrogen and oxygen atoms in total. The normalized spacial score (nSPS) is 13.6. The van der Waals surface area contributed by atoms with Gasteiger partial charge in [-0.05, 0) is 61.0 Å². The summed E-state index contributed by atoms with van der Waals surface area (Å²) in [7, 11) is -0.745. The number of benzene rings is 3. The molecule has 0 saturated carbocycles. The van der Waals surface area contributed by atoms with Crippen LogP contribution in [0.3, 0.4) is 0 Å². The summed E-state index contributed by atoms with van der Waals surface area (Å²) in [6, 6.07) is 18.8. The van der Waals surface area contributed by atoms with E-state index >= 15 is 0 Å². The zero-order valence-electron chi connectivity index (χ0n) is 19.6. The van der Waals surface area contributed by atoms with Crippen LogP contribution in [0.25, 0.3) is 0 Å². The molecule has 0 aromatic heterocycles. The number of ketones is 1. The second-order valence-electron chi connectivity index (χ2n) is 8.30. The first-order chi connectivity index (χ1) is 17.4. The van der Waals surface area contributed by atoms with E-state index in [-0.39, 0.29) is 35.0 Å². The molecule has 184 valence electrons. The van der Waals surface area contributed by atoms with E-state index in [9.17, 15) is 19.1 Å². The standard InChI is InChI=1S/C27H24ClN3O4S/c1-18-14-21(31-10-12-36(34)13-11-31)7-8-24(18)30-26(32)17-35-25-9-6-20(28)15-23(25)27(33)22-5-3-2-4-19(22)16-29/h2-9,14-15H,10-13,17H2,1H3,(H,30,32). The molecule has 1 heterocycles. The van der Waals surface area contributed by atoms with E-state index in [1.165, 1.54) is 12.1 Å². The predicted octanol–water partition coefficient (Wildman–Crippen LogP) is 4.34. The van der Waals surface area contributed by atoms with Crippen LogP contribution >= 0.6 is 11.6 Å². The van der Waals surface area contributed by atoms with Gasteiger partial charge in [0.2, 0.25) is 0 Å². The van der Waals surface area contributed by atoms with Crippen LogP contribution in [0.4, 0.5) is 11.4 Å². The summed E-state index contributed by atoms with van der Waals surface area (Å²) in [5, 5.41) is 12.5. The molecule has 0 bridgehead atoms. The molecule has 3 aromatic carbocycles. The van der Waals surface area contributed by atoms with Crippen molar-refractivity contribution in [2.45, 2.75) is 6.92 Å². The number of hydrogen-bond donors (Lipinski definition) is 1. The van der Waals surface area contributed by atoms with Gasteiger partial charge >= 0.3 is 0 Å². The van der Waals surface area contributed by atoms with Gasteiger partial charge in [0.1, 0.15) is 5.75 Å². The molecular weight excluding hydrogens is 498 g/mol. The van der Waals surface area contributed by atoms with E-state index in [0.717, 1.165) is 24.3 Å². The van der Waals surface area contributed by atoms with E-state index in [1.807, 2.05) is 31.2 Å². The summed E-state index contributed by atoms with van der Waals surface area (Å²) in [6.45, 7) is 3.07. The van der Waals surface area contributed by atoms with Crippen molar-refractivity contribution in [2.24, 2.45) is 0 Å². The number of hydrogen-bond acceptors (Lipinski definition) is 6. The van der Waals surface area contributed by atoms with E-state index < -0.39 is 16.6 Å². The van der Waals surface area contributed by atoms with E-state index in [1.54, 1.807) is 30.3 Å². The molecule has 0 atom stereocenters. The highest BCUT2D eigenvalue weighted by Gasteiger charge is 2.20. The molecule has 1 fully saturated rings. The van der Waals surface area contributed by atoms with Gasteiger partial charge in [-0.1, -0.05) is 23.7 Å². The highest BCUT2D eigenvalue weighted by Crippen LogP contribution is 2.27. The first-order valence-corrected chi connectivity index (χ1v) is 13.2. The monoisotopic (exact) mass is 521 g/mol. The van der Waals surface area contributed by atoms with E-state index in [2.05, 4.69) is 10.2 Å². The number of aryl methyl sites for hydroxylation is 1. The molecular formula is C27H24ClN3O4S. The lowest BCUT2D eigenvalue weighted by Gasteiger charge is -2.29. The third kappa shape index (κ3) is 5.93.